The molecule has 1 atom stereocenters. The van der Waals surface area contributed by atoms with Crippen LogP contribution in [0.1, 0.15) is 30.4 Å². The standard InChI is InChI=1S/C21H22F3N3O/c1-15-5-2-3-6-17(15)27-12-10-20(19(27)28)9-4-11-26(14-20)18-8-7-16(13-25-18)21(22,23)24/h2-3,5-8,13H,4,9-12,14H2,1H3/t20-/m1/s1. The first-order valence-electron chi connectivity index (χ1n) is 9.46. The zero-order valence-electron chi connectivity index (χ0n) is 15.7. The molecule has 0 radical (unpaired) electrons. The summed E-state index contributed by atoms with van der Waals surface area (Å²) in [5, 5.41) is 0. The number of alkyl halides is 3. The van der Waals surface area contributed by atoms with Gasteiger partial charge in [-0.3, -0.25) is 4.79 Å². The van der Waals surface area contributed by atoms with Gasteiger partial charge < -0.3 is 9.80 Å². The van der Waals surface area contributed by atoms with Crippen LogP contribution in [0.2, 0.25) is 0 Å². The monoisotopic (exact) mass is 389 g/mol. The zero-order chi connectivity index (χ0) is 19.9. The SMILES string of the molecule is Cc1ccccc1N1CC[C@@]2(CCCN(c3ccc(C(F)(F)F)cn3)C2)C1=O. The molecular weight excluding hydrogens is 367 g/mol. The quantitative estimate of drug-likeness (QED) is 0.762. The molecule has 1 aromatic carbocycles. The van der Waals surface area contributed by atoms with Gasteiger partial charge in [0.2, 0.25) is 5.91 Å². The van der Waals surface area contributed by atoms with Gasteiger partial charge in [0.25, 0.3) is 0 Å². The van der Waals surface area contributed by atoms with E-state index in [0.29, 0.717) is 25.5 Å². The van der Waals surface area contributed by atoms with Crippen LogP contribution in [0.15, 0.2) is 42.6 Å². The van der Waals surface area contributed by atoms with Crippen molar-refractivity contribution in [1.82, 2.24) is 4.98 Å². The van der Waals surface area contributed by atoms with Gasteiger partial charge in [0.05, 0.1) is 11.0 Å². The van der Waals surface area contributed by atoms with Crippen molar-refractivity contribution in [3.05, 3.63) is 53.7 Å². The van der Waals surface area contributed by atoms with E-state index in [0.717, 1.165) is 42.8 Å². The number of aryl methyl sites for hydroxylation is 1. The number of hydrogen-bond donors (Lipinski definition) is 0. The molecule has 1 aromatic heterocycles. The van der Waals surface area contributed by atoms with Crippen LogP contribution in [0, 0.1) is 12.3 Å². The second-order valence-electron chi connectivity index (χ2n) is 7.70. The first-order chi connectivity index (χ1) is 13.3. The summed E-state index contributed by atoms with van der Waals surface area (Å²) in [5.41, 5.74) is 0.745. The van der Waals surface area contributed by atoms with E-state index < -0.39 is 17.2 Å². The lowest BCUT2D eigenvalue weighted by Crippen LogP contribution is -2.48. The summed E-state index contributed by atoms with van der Waals surface area (Å²) >= 11 is 0. The molecule has 0 bridgehead atoms. The van der Waals surface area contributed by atoms with Gasteiger partial charge in [-0.1, -0.05) is 18.2 Å². The minimum atomic E-state index is -4.40. The van der Waals surface area contributed by atoms with Crippen LogP contribution in [0.25, 0.3) is 0 Å². The highest BCUT2D eigenvalue weighted by Crippen LogP contribution is 2.43. The molecule has 1 spiro atoms. The molecule has 3 heterocycles. The Bertz CT molecular complexity index is 881. The van der Waals surface area contributed by atoms with Crippen molar-refractivity contribution in [2.75, 3.05) is 29.4 Å². The molecule has 2 aliphatic rings. The average Bonchev–Trinajstić information content (AvgIpc) is 2.97. The van der Waals surface area contributed by atoms with Crippen LogP contribution in [0.3, 0.4) is 0 Å². The number of piperidine rings is 1. The Morgan fingerprint density at radius 3 is 2.54 bits per heavy atom. The highest BCUT2D eigenvalue weighted by molar-refractivity contribution is 6.01. The van der Waals surface area contributed by atoms with Crippen molar-refractivity contribution in [1.29, 1.82) is 0 Å². The lowest BCUT2D eigenvalue weighted by molar-refractivity contribution is -0.137. The van der Waals surface area contributed by atoms with E-state index in [1.54, 1.807) is 0 Å². The highest BCUT2D eigenvalue weighted by atomic mass is 19.4. The predicted octanol–water partition coefficient (Wildman–Crippen LogP) is 4.43. The molecule has 4 rings (SSSR count). The van der Waals surface area contributed by atoms with E-state index in [9.17, 15) is 18.0 Å². The Kier molecular flexibility index (Phi) is 4.56. The third kappa shape index (κ3) is 3.23. The minimum absolute atomic E-state index is 0.110. The molecule has 28 heavy (non-hydrogen) atoms. The van der Waals surface area contributed by atoms with E-state index in [4.69, 9.17) is 0 Å². The fourth-order valence-corrected chi connectivity index (χ4v) is 4.36. The molecule has 2 aromatic rings. The number of carbonyl (C=O) groups excluding carboxylic acids is 1. The Morgan fingerprint density at radius 2 is 1.86 bits per heavy atom. The predicted molar refractivity (Wildman–Crippen MR) is 101 cm³/mol. The van der Waals surface area contributed by atoms with Crippen LogP contribution in [-0.4, -0.2) is 30.5 Å². The van der Waals surface area contributed by atoms with E-state index >= 15 is 0 Å². The second kappa shape index (κ2) is 6.79. The van der Waals surface area contributed by atoms with Gasteiger partial charge in [0.15, 0.2) is 0 Å². The lowest BCUT2D eigenvalue weighted by Gasteiger charge is -2.39. The Hall–Kier alpha value is -2.57. The number of para-hydroxylation sites is 1. The number of halogens is 3. The number of nitrogens with zero attached hydrogens (tertiary/aromatic N) is 3. The van der Waals surface area contributed by atoms with E-state index in [1.165, 1.54) is 6.07 Å². The number of amides is 1. The zero-order valence-corrected chi connectivity index (χ0v) is 15.7. The van der Waals surface area contributed by atoms with Gasteiger partial charge in [-0.25, -0.2) is 4.98 Å². The number of hydrogen-bond acceptors (Lipinski definition) is 3. The molecular formula is C21H22F3N3O. The summed E-state index contributed by atoms with van der Waals surface area (Å²) in [7, 11) is 0. The maximum atomic E-state index is 13.3. The van der Waals surface area contributed by atoms with Crippen molar-refractivity contribution in [2.24, 2.45) is 5.41 Å². The number of carbonyl (C=O) groups is 1. The summed E-state index contributed by atoms with van der Waals surface area (Å²) in [6.07, 6.45) is -1.17. The third-order valence-electron chi connectivity index (χ3n) is 5.90. The molecule has 4 nitrogen and oxygen atoms in total. The molecule has 0 unspecified atom stereocenters. The first kappa shape index (κ1) is 18.8. The molecule has 148 valence electrons. The molecule has 0 aliphatic carbocycles. The van der Waals surface area contributed by atoms with E-state index in [-0.39, 0.29) is 5.91 Å². The number of pyridine rings is 1. The fourth-order valence-electron chi connectivity index (χ4n) is 4.36. The Balaban J connectivity index is 1.55. The van der Waals surface area contributed by atoms with Gasteiger partial charge in [0, 0.05) is 31.5 Å². The van der Waals surface area contributed by atoms with Crippen LogP contribution >= 0.6 is 0 Å². The normalized spacial score (nSPS) is 22.9. The van der Waals surface area contributed by atoms with Gasteiger partial charge in [-0.2, -0.15) is 13.2 Å². The van der Waals surface area contributed by atoms with Gasteiger partial charge in [-0.05, 0) is 49.9 Å². The van der Waals surface area contributed by atoms with Gasteiger partial charge in [-0.15, -0.1) is 0 Å². The molecule has 7 heteroatoms. The number of benzene rings is 1. The second-order valence-corrected chi connectivity index (χ2v) is 7.70. The van der Waals surface area contributed by atoms with Crippen molar-refractivity contribution in [3.63, 3.8) is 0 Å². The topological polar surface area (TPSA) is 36.4 Å². The molecule has 0 N–H and O–H groups in total. The van der Waals surface area contributed by atoms with Crippen molar-refractivity contribution in [2.45, 2.75) is 32.4 Å². The first-order valence-corrected chi connectivity index (χ1v) is 9.46. The van der Waals surface area contributed by atoms with Gasteiger partial charge in [0.1, 0.15) is 5.82 Å². The van der Waals surface area contributed by atoms with Crippen molar-refractivity contribution < 1.29 is 18.0 Å². The largest absolute Gasteiger partial charge is 0.417 e. The molecule has 2 fully saturated rings. The smallest absolute Gasteiger partial charge is 0.356 e. The summed E-state index contributed by atoms with van der Waals surface area (Å²) < 4.78 is 38.4. The molecule has 2 aliphatic heterocycles. The van der Waals surface area contributed by atoms with Crippen LogP contribution in [0.5, 0.6) is 0 Å². The van der Waals surface area contributed by atoms with Crippen LogP contribution in [-0.2, 0) is 11.0 Å². The van der Waals surface area contributed by atoms with Crippen molar-refractivity contribution >= 4 is 17.4 Å². The molecule has 0 saturated carbocycles. The maximum Gasteiger partial charge on any atom is 0.417 e. The van der Waals surface area contributed by atoms with Crippen LogP contribution < -0.4 is 9.80 Å². The summed E-state index contributed by atoms with van der Waals surface area (Å²) in [4.78, 5) is 21.2. The average molecular weight is 389 g/mol. The summed E-state index contributed by atoms with van der Waals surface area (Å²) in [6, 6.07) is 10.3. The van der Waals surface area contributed by atoms with Gasteiger partial charge >= 0.3 is 6.18 Å². The van der Waals surface area contributed by atoms with Crippen molar-refractivity contribution in [3.8, 4) is 0 Å². The minimum Gasteiger partial charge on any atom is -0.356 e. The Labute approximate surface area is 162 Å². The summed E-state index contributed by atoms with van der Waals surface area (Å²) in [6.45, 7) is 3.84. The molecule has 2 saturated heterocycles. The Morgan fingerprint density at radius 1 is 1.07 bits per heavy atom. The maximum absolute atomic E-state index is 13.3. The van der Waals surface area contributed by atoms with E-state index in [1.807, 2.05) is 41.0 Å². The summed E-state index contributed by atoms with van der Waals surface area (Å²) in [5.74, 6) is 0.604. The fraction of sp³-hybridized carbons (Fsp3) is 0.429. The number of anilines is 2. The van der Waals surface area contributed by atoms with E-state index in [2.05, 4.69) is 4.98 Å². The third-order valence-corrected chi connectivity index (χ3v) is 5.90. The highest BCUT2D eigenvalue weighted by Gasteiger charge is 2.49. The molecule has 1 amide bonds. The number of rotatable bonds is 2. The lowest BCUT2D eigenvalue weighted by atomic mass is 9.78. The number of aromatic nitrogens is 1. The van der Waals surface area contributed by atoms with Crippen LogP contribution in [0.4, 0.5) is 24.7 Å².